The summed E-state index contributed by atoms with van der Waals surface area (Å²) >= 11 is 0. The van der Waals surface area contributed by atoms with Crippen molar-refractivity contribution in [3.05, 3.63) is 77.5 Å². The van der Waals surface area contributed by atoms with Crippen LogP contribution in [0.5, 0.6) is 0 Å². The molecule has 1 saturated heterocycles. The third-order valence-corrected chi connectivity index (χ3v) is 5.62. The molecular formula is C26H29N3O3. The number of rotatable bonds is 6. The van der Waals surface area contributed by atoms with Crippen LogP contribution in [-0.2, 0) is 16.0 Å². The molecule has 0 aliphatic carbocycles. The zero-order valence-electron chi connectivity index (χ0n) is 18.6. The highest BCUT2D eigenvalue weighted by molar-refractivity contribution is 6.06. The van der Waals surface area contributed by atoms with Gasteiger partial charge in [0.25, 0.3) is 5.91 Å². The van der Waals surface area contributed by atoms with Crippen LogP contribution in [0.4, 0.5) is 0 Å². The van der Waals surface area contributed by atoms with Gasteiger partial charge in [-0.15, -0.1) is 0 Å². The highest BCUT2D eigenvalue weighted by Crippen LogP contribution is 2.26. The molecule has 3 aromatic rings. The van der Waals surface area contributed by atoms with E-state index >= 15 is 0 Å². The first kappa shape index (κ1) is 22.0. The predicted molar refractivity (Wildman–Crippen MR) is 124 cm³/mol. The summed E-state index contributed by atoms with van der Waals surface area (Å²) in [5.41, 5.74) is 3.16. The molecule has 1 N–H and O–H groups in total. The van der Waals surface area contributed by atoms with Crippen molar-refractivity contribution in [1.29, 1.82) is 0 Å². The molecule has 6 nitrogen and oxygen atoms in total. The van der Waals surface area contributed by atoms with Crippen LogP contribution in [-0.4, -0.2) is 47.4 Å². The highest BCUT2D eigenvalue weighted by Gasteiger charge is 2.27. The number of fused-ring (bicyclic) bond motifs is 1. The largest absolute Gasteiger partial charge is 0.368 e. The Morgan fingerprint density at radius 2 is 1.88 bits per heavy atom. The molecule has 2 aromatic carbocycles. The van der Waals surface area contributed by atoms with E-state index in [0.29, 0.717) is 37.4 Å². The number of nitrogens with one attached hydrogen (secondary N) is 1. The maximum atomic E-state index is 12.9. The van der Waals surface area contributed by atoms with E-state index in [-0.39, 0.29) is 24.0 Å². The lowest BCUT2D eigenvalue weighted by atomic mass is 10.0. The van der Waals surface area contributed by atoms with E-state index in [0.717, 1.165) is 22.9 Å². The van der Waals surface area contributed by atoms with Crippen LogP contribution in [0.2, 0.25) is 0 Å². The third-order valence-electron chi connectivity index (χ3n) is 5.62. The number of hydrogen-bond acceptors (Lipinski definition) is 4. The van der Waals surface area contributed by atoms with E-state index in [2.05, 4.69) is 5.32 Å². The molecule has 1 aliphatic rings. The van der Waals surface area contributed by atoms with Gasteiger partial charge >= 0.3 is 0 Å². The van der Waals surface area contributed by atoms with Crippen molar-refractivity contribution in [3.63, 3.8) is 0 Å². The van der Waals surface area contributed by atoms with Crippen LogP contribution in [0.15, 0.2) is 60.7 Å². The van der Waals surface area contributed by atoms with Crippen LogP contribution in [0.25, 0.3) is 10.9 Å². The number of morpholine rings is 1. The number of pyridine rings is 1. The molecule has 0 spiro atoms. The molecule has 1 aliphatic heterocycles. The number of amides is 2. The Kier molecular flexibility index (Phi) is 6.81. The fourth-order valence-electron chi connectivity index (χ4n) is 4.00. The van der Waals surface area contributed by atoms with Gasteiger partial charge in [-0.3, -0.25) is 9.59 Å². The summed E-state index contributed by atoms with van der Waals surface area (Å²) < 4.78 is 5.98. The van der Waals surface area contributed by atoms with Crippen molar-refractivity contribution in [1.82, 2.24) is 15.2 Å². The minimum absolute atomic E-state index is 0.0292. The van der Waals surface area contributed by atoms with Crippen molar-refractivity contribution in [2.45, 2.75) is 38.8 Å². The normalized spacial score (nSPS) is 16.3. The summed E-state index contributed by atoms with van der Waals surface area (Å²) in [6.07, 6.45) is 0.818. The van der Waals surface area contributed by atoms with Gasteiger partial charge in [-0.1, -0.05) is 48.5 Å². The average Bonchev–Trinajstić information content (AvgIpc) is 2.82. The lowest BCUT2D eigenvalue weighted by Gasteiger charge is -2.33. The Morgan fingerprint density at radius 3 is 2.66 bits per heavy atom. The minimum atomic E-state index is -0.361. The van der Waals surface area contributed by atoms with Gasteiger partial charge in [0.1, 0.15) is 6.10 Å². The van der Waals surface area contributed by atoms with E-state index in [1.165, 1.54) is 0 Å². The van der Waals surface area contributed by atoms with Crippen molar-refractivity contribution in [2.75, 3.05) is 19.7 Å². The minimum Gasteiger partial charge on any atom is -0.368 e. The molecule has 1 atom stereocenters. The molecule has 6 heteroatoms. The Hall–Kier alpha value is -3.25. The number of benzene rings is 2. The number of hydrogen-bond donors (Lipinski definition) is 1. The first-order valence-corrected chi connectivity index (χ1v) is 11.1. The molecule has 2 amide bonds. The Morgan fingerprint density at radius 1 is 1.12 bits per heavy atom. The summed E-state index contributed by atoms with van der Waals surface area (Å²) in [6.45, 7) is 5.32. The van der Waals surface area contributed by atoms with Gasteiger partial charge in [-0.05, 0) is 38.0 Å². The molecule has 0 unspecified atom stereocenters. The first-order valence-electron chi connectivity index (χ1n) is 11.1. The average molecular weight is 432 g/mol. The van der Waals surface area contributed by atoms with E-state index in [1.54, 1.807) is 0 Å². The van der Waals surface area contributed by atoms with Crippen LogP contribution in [0.1, 0.15) is 48.0 Å². The molecule has 166 valence electrons. The quantitative estimate of drug-likeness (QED) is 0.642. The molecule has 0 radical (unpaired) electrons. The smallest absolute Gasteiger partial charge is 0.252 e. The van der Waals surface area contributed by atoms with Gasteiger partial charge in [0, 0.05) is 24.4 Å². The maximum Gasteiger partial charge on any atom is 0.252 e. The fourth-order valence-corrected chi connectivity index (χ4v) is 4.00. The second-order valence-electron chi connectivity index (χ2n) is 8.42. The number of nitrogens with zero attached hydrogens (tertiary/aromatic N) is 2. The van der Waals surface area contributed by atoms with Gasteiger partial charge in [0.15, 0.2) is 0 Å². The van der Waals surface area contributed by atoms with Crippen molar-refractivity contribution >= 4 is 22.7 Å². The standard InChI is InChI=1S/C26H29N3O3/c1-18(2)27-26(31)21-16-23(28-22-11-7-6-10-20(21)22)24-17-29(14-15-32-24)25(30)13-12-19-8-4-3-5-9-19/h3-11,16,18,24H,12-15,17H2,1-2H3,(H,27,31)/t24-/m0/s1. The summed E-state index contributed by atoms with van der Waals surface area (Å²) in [6, 6.07) is 19.5. The van der Waals surface area contributed by atoms with Crippen LogP contribution >= 0.6 is 0 Å². The van der Waals surface area contributed by atoms with Crippen molar-refractivity contribution in [2.24, 2.45) is 0 Å². The molecule has 0 bridgehead atoms. The second kappa shape index (κ2) is 9.92. The zero-order chi connectivity index (χ0) is 22.5. The summed E-state index contributed by atoms with van der Waals surface area (Å²) in [5.74, 6) is -0.0211. The van der Waals surface area contributed by atoms with Gasteiger partial charge in [0.2, 0.25) is 5.91 Å². The zero-order valence-corrected chi connectivity index (χ0v) is 18.6. The number of ether oxygens (including phenoxy) is 1. The topological polar surface area (TPSA) is 71.5 Å². The Balaban J connectivity index is 1.53. The number of aryl methyl sites for hydroxylation is 1. The lowest BCUT2D eigenvalue weighted by molar-refractivity contribution is -0.139. The molecule has 1 aromatic heterocycles. The Labute approximate surface area is 188 Å². The van der Waals surface area contributed by atoms with Gasteiger partial charge < -0.3 is 15.0 Å². The van der Waals surface area contributed by atoms with E-state index in [4.69, 9.17) is 9.72 Å². The highest BCUT2D eigenvalue weighted by atomic mass is 16.5. The SMILES string of the molecule is CC(C)NC(=O)c1cc([C@@H]2CN(C(=O)CCc3ccccc3)CCO2)nc2ccccc12. The van der Waals surface area contributed by atoms with E-state index < -0.39 is 0 Å². The summed E-state index contributed by atoms with van der Waals surface area (Å²) in [7, 11) is 0. The second-order valence-corrected chi connectivity index (χ2v) is 8.42. The van der Waals surface area contributed by atoms with Gasteiger partial charge in [-0.25, -0.2) is 4.98 Å². The lowest BCUT2D eigenvalue weighted by Crippen LogP contribution is -2.42. The molecule has 4 rings (SSSR count). The molecule has 32 heavy (non-hydrogen) atoms. The van der Waals surface area contributed by atoms with Crippen molar-refractivity contribution in [3.8, 4) is 0 Å². The molecule has 1 fully saturated rings. The van der Waals surface area contributed by atoms with Gasteiger partial charge in [-0.2, -0.15) is 0 Å². The van der Waals surface area contributed by atoms with Crippen LogP contribution < -0.4 is 5.32 Å². The maximum absolute atomic E-state index is 12.9. The monoisotopic (exact) mass is 431 g/mol. The molecule has 0 saturated carbocycles. The van der Waals surface area contributed by atoms with Crippen molar-refractivity contribution < 1.29 is 14.3 Å². The van der Waals surface area contributed by atoms with Crippen LogP contribution in [0, 0.1) is 0 Å². The van der Waals surface area contributed by atoms with Crippen LogP contribution in [0.3, 0.4) is 0 Å². The fraction of sp³-hybridized carbons (Fsp3) is 0.346. The number of carbonyl (C=O) groups excluding carboxylic acids is 2. The summed E-state index contributed by atoms with van der Waals surface area (Å²) in [5, 5.41) is 3.78. The molecule has 2 heterocycles. The predicted octanol–water partition coefficient (Wildman–Crippen LogP) is 3.91. The van der Waals surface area contributed by atoms with E-state index in [1.807, 2.05) is 79.4 Å². The summed E-state index contributed by atoms with van der Waals surface area (Å²) in [4.78, 5) is 32.3. The number of carbonyl (C=O) groups is 2. The third kappa shape index (κ3) is 5.14. The first-order chi connectivity index (χ1) is 15.5. The van der Waals surface area contributed by atoms with E-state index in [9.17, 15) is 9.59 Å². The number of aromatic nitrogens is 1. The molecular weight excluding hydrogens is 402 g/mol. The number of para-hydroxylation sites is 1. The Bertz CT molecular complexity index is 1100. The van der Waals surface area contributed by atoms with Gasteiger partial charge in [0.05, 0.1) is 29.9 Å².